The number of aromatic nitrogens is 2. The predicted octanol–water partition coefficient (Wildman–Crippen LogP) is 3.93. The molecule has 1 atom stereocenters. The van der Waals surface area contributed by atoms with Crippen LogP contribution in [0.5, 0.6) is 0 Å². The lowest BCUT2D eigenvalue weighted by atomic mass is 10.2. The van der Waals surface area contributed by atoms with Crippen molar-refractivity contribution < 1.29 is 0 Å². The molecule has 0 spiro atoms. The van der Waals surface area contributed by atoms with Gasteiger partial charge in [0.15, 0.2) is 5.82 Å². The predicted molar refractivity (Wildman–Crippen MR) is 89.3 cm³/mol. The van der Waals surface area contributed by atoms with E-state index in [0.717, 1.165) is 35.3 Å². The third kappa shape index (κ3) is 3.02. The fraction of sp³-hybridized carbons (Fsp3) is 0.500. The maximum absolute atomic E-state index is 4.66. The highest BCUT2D eigenvalue weighted by atomic mass is 32.1. The molecule has 0 bridgehead atoms. The second-order valence-corrected chi connectivity index (χ2v) is 7.02. The van der Waals surface area contributed by atoms with E-state index in [1.807, 2.05) is 12.3 Å². The lowest BCUT2D eigenvalue weighted by molar-refractivity contribution is 0.831. The smallest absolute Gasteiger partial charge is 0.151 e. The molecule has 0 amide bonds. The zero-order valence-corrected chi connectivity index (χ0v) is 13.7. The maximum atomic E-state index is 4.66. The Labute approximate surface area is 130 Å². The second kappa shape index (κ2) is 6.02. The van der Waals surface area contributed by atoms with Crippen molar-refractivity contribution in [2.24, 2.45) is 0 Å². The summed E-state index contributed by atoms with van der Waals surface area (Å²) in [5.41, 5.74) is 2.26. The average Bonchev–Trinajstić information content (AvgIpc) is 3.09. The van der Waals surface area contributed by atoms with Crippen LogP contribution in [0.2, 0.25) is 0 Å². The summed E-state index contributed by atoms with van der Waals surface area (Å²) in [6, 6.07) is 4.31. The molecule has 3 heterocycles. The molecule has 0 radical (unpaired) electrons. The van der Waals surface area contributed by atoms with Gasteiger partial charge in [0.1, 0.15) is 0 Å². The van der Waals surface area contributed by atoms with Crippen LogP contribution in [-0.4, -0.2) is 23.1 Å². The van der Waals surface area contributed by atoms with Crippen molar-refractivity contribution in [2.75, 3.05) is 23.3 Å². The quantitative estimate of drug-likeness (QED) is 0.929. The molecule has 1 aliphatic rings. The number of nitrogens with zero attached hydrogens (tertiary/aromatic N) is 3. The van der Waals surface area contributed by atoms with E-state index in [2.05, 4.69) is 47.0 Å². The van der Waals surface area contributed by atoms with Gasteiger partial charge in [0.25, 0.3) is 0 Å². The van der Waals surface area contributed by atoms with Crippen molar-refractivity contribution >= 4 is 22.8 Å². The fourth-order valence-corrected chi connectivity index (χ4v) is 3.85. The zero-order chi connectivity index (χ0) is 14.8. The van der Waals surface area contributed by atoms with Gasteiger partial charge in [-0.2, -0.15) is 0 Å². The molecule has 3 rings (SSSR count). The van der Waals surface area contributed by atoms with Gasteiger partial charge in [-0.25, -0.2) is 9.97 Å². The van der Waals surface area contributed by atoms with E-state index >= 15 is 0 Å². The van der Waals surface area contributed by atoms with E-state index in [1.54, 1.807) is 11.3 Å². The first kappa shape index (κ1) is 14.3. The molecular formula is C16H22N4S. The van der Waals surface area contributed by atoms with Gasteiger partial charge >= 0.3 is 0 Å². The van der Waals surface area contributed by atoms with E-state index in [0.29, 0.717) is 0 Å². The van der Waals surface area contributed by atoms with Crippen molar-refractivity contribution in [3.05, 3.63) is 33.9 Å². The molecule has 0 aromatic carbocycles. The van der Waals surface area contributed by atoms with Crippen molar-refractivity contribution in [1.82, 2.24) is 9.97 Å². The van der Waals surface area contributed by atoms with Gasteiger partial charge in [-0.05, 0) is 45.7 Å². The minimum Gasteiger partial charge on any atom is -0.374 e. The summed E-state index contributed by atoms with van der Waals surface area (Å²) in [5, 5.41) is 4.72. The highest BCUT2D eigenvalue weighted by molar-refractivity contribution is 7.11. The fourth-order valence-electron chi connectivity index (χ4n) is 2.94. The minimum absolute atomic E-state index is 0.195. The van der Waals surface area contributed by atoms with Gasteiger partial charge in [-0.1, -0.05) is 0 Å². The van der Waals surface area contributed by atoms with Crippen LogP contribution in [0, 0.1) is 13.8 Å². The standard InChI is InChI=1S/C16H22N4S/c1-11(15-12(2)21-13(3)19-15)18-14-7-6-8-17-16(14)20-9-4-5-10-20/h6-8,11,18H,4-5,9-10H2,1-3H3. The number of thiazole rings is 1. The first-order chi connectivity index (χ1) is 10.1. The Balaban J connectivity index is 1.82. The second-order valence-electron chi connectivity index (χ2n) is 5.61. The van der Waals surface area contributed by atoms with Crippen molar-refractivity contribution in [3.63, 3.8) is 0 Å². The van der Waals surface area contributed by atoms with Crippen LogP contribution in [-0.2, 0) is 0 Å². The Morgan fingerprint density at radius 1 is 1.29 bits per heavy atom. The van der Waals surface area contributed by atoms with Crippen LogP contribution in [0.25, 0.3) is 0 Å². The van der Waals surface area contributed by atoms with Crippen molar-refractivity contribution in [2.45, 2.75) is 39.7 Å². The number of hydrogen-bond donors (Lipinski definition) is 1. The normalized spacial score (nSPS) is 16.2. The van der Waals surface area contributed by atoms with Gasteiger partial charge in [0.2, 0.25) is 0 Å². The van der Waals surface area contributed by atoms with Gasteiger partial charge in [0, 0.05) is 24.2 Å². The Morgan fingerprint density at radius 3 is 2.71 bits per heavy atom. The molecule has 4 nitrogen and oxygen atoms in total. The van der Waals surface area contributed by atoms with Crippen LogP contribution >= 0.6 is 11.3 Å². The summed E-state index contributed by atoms with van der Waals surface area (Å²) < 4.78 is 0. The summed E-state index contributed by atoms with van der Waals surface area (Å²) in [6.45, 7) is 8.59. The van der Waals surface area contributed by atoms with Gasteiger partial charge in [0.05, 0.1) is 22.4 Å². The largest absolute Gasteiger partial charge is 0.374 e. The van der Waals surface area contributed by atoms with Crippen LogP contribution in [0.3, 0.4) is 0 Å². The number of rotatable bonds is 4. The van der Waals surface area contributed by atoms with E-state index in [4.69, 9.17) is 0 Å². The van der Waals surface area contributed by atoms with Crippen LogP contribution in [0.1, 0.15) is 41.4 Å². The SMILES string of the molecule is Cc1nc(C(C)Nc2cccnc2N2CCCC2)c(C)s1. The maximum Gasteiger partial charge on any atom is 0.151 e. The molecular weight excluding hydrogens is 280 g/mol. The first-order valence-electron chi connectivity index (χ1n) is 7.55. The number of hydrogen-bond acceptors (Lipinski definition) is 5. The van der Waals surface area contributed by atoms with Crippen molar-refractivity contribution in [3.8, 4) is 0 Å². The Kier molecular flexibility index (Phi) is 4.10. The number of anilines is 2. The number of pyridine rings is 1. The molecule has 0 aliphatic carbocycles. The number of aryl methyl sites for hydroxylation is 2. The Bertz CT molecular complexity index is 616. The van der Waals surface area contributed by atoms with E-state index in [-0.39, 0.29) is 6.04 Å². The Hall–Kier alpha value is -1.62. The monoisotopic (exact) mass is 302 g/mol. The molecule has 1 N–H and O–H groups in total. The third-order valence-electron chi connectivity index (χ3n) is 3.91. The summed E-state index contributed by atoms with van der Waals surface area (Å²) in [5.74, 6) is 1.08. The van der Waals surface area contributed by atoms with Gasteiger partial charge < -0.3 is 10.2 Å². The summed E-state index contributed by atoms with van der Waals surface area (Å²) in [7, 11) is 0. The molecule has 1 unspecified atom stereocenters. The molecule has 21 heavy (non-hydrogen) atoms. The van der Waals surface area contributed by atoms with Gasteiger partial charge in [-0.15, -0.1) is 11.3 Å². The summed E-state index contributed by atoms with van der Waals surface area (Å²) in [6.07, 6.45) is 4.40. The van der Waals surface area contributed by atoms with Gasteiger partial charge in [-0.3, -0.25) is 0 Å². The molecule has 112 valence electrons. The zero-order valence-electron chi connectivity index (χ0n) is 12.9. The minimum atomic E-state index is 0.195. The summed E-state index contributed by atoms with van der Waals surface area (Å²) >= 11 is 1.76. The third-order valence-corrected chi connectivity index (χ3v) is 4.82. The molecule has 1 aliphatic heterocycles. The van der Waals surface area contributed by atoms with E-state index in [9.17, 15) is 0 Å². The van der Waals surface area contributed by atoms with E-state index < -0.39 is 0 Å². The highest BCUT2D eigenvalue weighted by Gasteiger charge is 2.19. The topological polar surface area (TPSA) is 41.1 Å². The van der Waals surface area contributed by atoms with Crippen LogP contribution in [0.15, 0.2) is 18.3 Å². The van der Waals surface area contributed by atoms with Crippen molar-refractivity contribution in [1.29, 1.82) is 0 Å². The average molecular weight is 302 g/mol. The molecule has 1 saturated heterocycles. The van der Waals surface area contributed by atoms with E-state index in [1.165, 1.54) is 17.7 Å². The first-order valence-corrected chi connectivity index (χ1v) is 8.37. The molecule has 2 aromatic rings. The highest BCUT2D eigenvalue weighted by Crippen LogP contribution is 2.31. The molecule has 5 heteroatoms. The Morgan fingerprint density at radius 2 is 2.05 bits per heavy atom. The lowest BCUT2D eigenvalue weighted by Gasteiger charge is -2.22. The lowest BCUT2D eigenvalue weighted by Crippen LogP contribution is -2.21. The molecule has 1 fully saturated rings. The molecule has 2 aromatic heterocycles. The number of nitrogens with one attached hydrogen (secondary N) is 1. The van der Waals surface area contributed by atoms with Crippen LogP contribution in [0.4, 0.5) is 11.5 Å². The molecule has 0 saturated carbocycles. The van der Waals surface area contributed by atoms with Crippen LogP contribution < -0.4 is 10.2 Å². The summed E-state index contributed by atoms with van der Waals surface area (Å²) in [4.78, 5) is 12.9.